The number of primary amides is 2. The van der Waals surface area contributed by atoms with Gasteiger partial charge in [-0.25, -0.2) is 4.79 Å². The summed E-state index contributed by atoms with van der Waals surface area (Å²) in [5.74, 6) is -8.67. The normalized spacial score (nSPS) is 24.0. The predicted molar refractivity (Wildman–Crippen MR) is 202 cm³/mol. The van der Waals surface area contributed by atoms with Crippen LogP contribution in [0.15, 0.2) is 66.8 Å². The first-order valence-corrected chi connectivity index (χ1v) is 17.7. The van der Waals surface area contributed by atoms with Gasteiger partial charge in [0.05, 0.1) is 12.8 Å². The maximum Gasteiger partial charge on any atom is 0.329 e. The van der Waals surface area contributed by atoms with Gasteiger partial charge in [-0.15, -0.1) is 0 Å². The molecule has 1 heterocycles. The SMILES string of the molecule is CC[C@@H](C)[C@@H]1NC(=O)[C@H](CC(N)=O)NC(=O)[C@H](CC(N)=O)NC(=O)[C@H](C(C)C)NC(=O)[C@@H](NC(=O)/C=C/C=C/C=C/C=C/c2ccc(O)cc2)[C@@H](C)OC1=O. The number of phenols is 1. The topological polar surface area (TPSA) is 278 Å². The second-order valence-corrected chi connectivity index (χ2v) is 13.3. The summed E-state index contributed by atoms with van der Waals surface area (Å²) >= 11 is 0. The van der Waals surface area contributed by atoms with Crippen LogP contribution in [0, 0.1) is 11.8 Å². The zero-order valence-corrected chi connectivity index (χ0v) is 31.4. The third-order valence-electron chi connectivity index (χ3n) is 8.42. The van der Waals surface area contributed by atoms with Crippen LogP contribution >= 0.6 is 0 Å². The number of benzene rings is 1. The van der Waals surface area contributed by atoms with Crippen molar-refractivity contribution >= 4 is 53.4 Å². The zero-order chi connectivity index (χ0) is 41.2. The van der Waals surface area contributed by atoms with E-state index in [2.05, 4.69) is 26.6 Å². The van der Waals surface area contributed by atoms with Crippen LogP contribution < -0.4 is 38.1 Å². The van der Waals surface area contributed by atoms with Gasteiger partial charge in [-0.05, 0) is 36.5 Å². The molecule has 0 unspecified atom stereocenters. The first-order chi connectivity index (χ1) is 25.9. The molecule has 55 heavy (non-hydrogen) atoms. The number of amides is 7. The molecule has 298 valence electrons. The molecule has 0 aliphatic carbocycles. The molecular formula is C38H51N7O10. The lowest BCUT2D eigenvalue weighted by atomic mass is 9.98. The fraction of sp³-hybridized carbons (Fsp3) is 0.421. The second kappa shape index (κ2) is 22.1. The van der Waals surface area contributed by atoms with Gasteiger partial charge in [0.25, 0.3) is 0 Å². The molecule has 10 N–H and O–H groups in total. The summed E-state index contributed by atoms with van der Waals surface area (Å²) in [5, 5.41) is 21.5. The van der Waals surface area contributed by atoms with Crippen molar-refractivity contribution in [3.63, 3.8) is 0 Å². The second-order valence-electron chi connectivity index (χ2n) is 13.3. The highest BCUT2D eigenvalue weighted by Crippen LogP contribution is 2.15. The van der Waals surface area contributed by atoms with Crippen LogP contribution in [0.25, 0.3) is 6.08 Å². The Kier molecular flexibility index (Phi) is 18.0. The fourth-order valence-corrected chi connectivity index (χ4v) is 5.13. The molecule has 0 spiro atoms. The molecule has 1 aromatic carbocycles. The number of phenolic OH excluding ortho intramolecular Hbond substituents is 1. The van der Waals surface area contributed by atoms with Gasteiger partial charge >= 0.3 is 5.97 Å². The summed E-state index contributed by atoms with van der Waals surface area (Å²) in [6.45, 7) is 7.87. The molecule has 1 aliphatic rings. The van der Waals surface area contributed by atoms with Crippen molar-refractivity contribution in [3.05, 3.63) is 72.4 Å². The highest BCUT2D eigenvalue weighted by molar-refractivity contribution is 5.99. The number of carbonyl (C=O) groups is 8. The Morgan fingerprint density at radius 2 is 1.27 bits per heavy atom. The summed E-state index contributed by atoms with van der Waals surface area (Å²) in [7, 11) is 0. The number of esters is 1. The Morgan fingerprint density at radius 1 is 0.764 bits per heavy atom. The number of nitrogens with two attached hydrogens (primary N) is 2. The number of nitrogens with one attached hydrogen (secondary N) is 5. The van der Waals surface area contributed by atoms with Crippen molar-refractivity contribution in [1.82, 2.24) is 26.6 Å². The van der Waals surface area contributed by atoms with Crippen LogP contribution in [-0.4, -0.2) is 88.7 Å². The number of aromatic hydroxyl groups is 1. The Morgan fingerprint density at radius 3 is 1.82 bits per heavy atom. The highest BCUT2D eigenvalue weighted by atomic mass is 16.5. The predicted octanol–water partition coefficient (Wildman–Crippen LogP) is -0.104. The van der Waals surface area contributed by atoms with Crippen molar-refractivity contribution in [2.24, 2.45) is 23.3 Å². The van der Waals surface area contributed by atoms with Gasteiger partial charge in [-0.2, -0.15) is 0 Å². The average Bonchev–Trinajstić information content (AvgIpc) is 3.11. The van der Waals surface area contributed by atoms with Crippen molar-refractivity contribution in [1.29, 1.82) is 0 Å². The van der Waals surface area contributed by atoms with Crippen LogP contribution in [0.4, 0.5) is 0 Å². The molecular weight excluding hydrogens is 714 g/mol. The van der Waals surface area contributed by atoms with E-state index in [1.54, 1.807) is 82.3 Å². The van der Waals surface area contributed by atoms with E-state index >= 15 is 0 Å². The van der Waals surface area contributed by atoms with Gasteiger partial charge in [-0.3, -0.25) is 33.6 Å². The lowest BCUT2D eigenvalue weighted by Crippen LogP contribution is -2.62. The van der Waals surface area contributed by atoms with Gasteiger partial charge in [0.15, 0.2) is 0 Å². The van der Waals surface area contributed by atoms with Crippen LogP contribution in [0.5, 0.6) is 5.75 Å². The van der Waals surface area contributed by atoms with Crippen LogP contribution in [0.3, 0.4) is 0 Å². The summed E-state index contributed by atoms with van der Waals surface area (Å²) in [5.41, 5.74) is 11.6. The van der Waals surface area contributed by atoms with Crippen LogP contribution in [0.1, 0.15) is 59.4 Å². The average molecular weight is 766 g/mol. The maximum atomic E-state index is 13.8. The number of allylic oxidation sites excluding steroid dienone is 6. The van der Waals surface area contributed by atoms with E-state index in [0.29, 0.717) is 6.42 Å². The number of carbonyl (C=O) groups excluding carboxylic acids is 8. The summed E-state index contributed by atoms with van der Waals surface area (Å²) in [4.78, 5) is 104. The van der Waals surface area contributed by atoms with Crippen molar-refractivity contribution in [3.8, 4) is 5.75 Å². The molecule has 2 rings (SSSR count). The first-order valence-electron chi connectivity index (χ1n) is 17.7. The molecule has 1 aromatic rings. The minimum atomic E-state index is -1.65. The third kappa shape index (κ3) is 15.3. The molecule has 0 bridgehead atoms. The van der Waals surface area contributed by atoms with Gasteiger partial charge in [0.2, 0.25) is 41.4 Å². The third-order valence-corrected chi connectivity index (χ3v) is 8.42. The van der Waals surface area contributed by atoms with Gasteiger partial charge in [0, 0.05) is 6.08 Å². The summed E-state index contributed by atoms with van der Waals surface area (Å²) in [6, 6.07) is -0.923. The molecule has 1 saturated heterocycles. The van der Waals surface area contributed by atoms with E-state index in [4.69, 9.17) is 16.2 Å². The highest BCUT2D eigenvalue weighted by Gasteiger charge is 2.39. The molecule has 17 nitrogen and oxygen atoms in total. The minimum absolute atomic E-state index is 0.161. The standard InChI is InChI=1S/C38H51N7O10/c1-6-22(4)32-38(54)55-23(5)33(43-30(49)14-12-10-8-7-9-11-13-24-15-17-25(46)18-16-24)37(53)44-31(21(2)3)36(52)42-26(19-28(39)47)34(50)41-27(20-29(40)48)35(51)45-32/h7-18,21-23,26-27,31-33,46H,6,19-20H2,1-5H3,(H2,39,47)(H2,40,48)(H,41,50)(H,42,52)(H,43,49)(H,44,53)(H,45,51)/b9-7+,10-8+,13-11+,14-12+/t22-,23-,26+,27+,31+,32+,33+/m1/s1. The van der Waals surface area contributed by atoms with Gasteiger partial charge in [-0.1, -0.05) is 88.8 Å². The minimum Gasteiger partial charge on any atom is -0.508 e. The Hall–Kier alpha value is -6.26. The lowest BCUT2D eigenvalue weighted by molar-refractivity contribution is -0.157. The van der Waals surface area contributed by atoms with E-state index in [-0.39, 0.29) is 5.75 Å². The quantitative estimate of drug-likeness (QED) is 0.0750. The molecule has 0 radical (unpaired) electrons. The number of hydrogen-bond acceptors (Lipinski definition) is 10. The van der Waals surface area contributed by atoms with Gasteiger partial charge < -0.3 is 47.9 Å². The zero-order valence-electron chi connectivity index (χ0n) is 31.4. The lowest BCUT2D eigenvalue weighted by Gasteiger charge is -2.31. The maximum absolute atomic E-state index is 13.8. The summed E-state index contributed by atoms with van der Waals surface area (Å²) in [6.07, 6.45) is 10.3. The first kappa shape index (κ1) is 44.9. The molecule has 17 heteroatoms. The molecule has 1 aliphatic heterocycles. The Bertz CT molecular complexity index is 1690. The molecule has 1 fully saturated rings. The van der Waals surface area contributed by atoms with Crippen LogP contribution in [0.2, 0.25) is 0 Å². The molecule has 0 saturated carbocycles. The largest absolute Gasteiger partial charge is 0.508 e. The number of rotatable bonds is 13. The van der Waals surface area contributed by atoms with Crippen molar-refractivity contribution in [2.75, 3.05) is 0 Å². The monoisotopic (exact) mass is 765 g/mol. The number of cyclic esters (lactones) is 1. The van der Waals surface area contributed by atoms with E-state index in [0.717, 1.165) is 11.6 Å². The number of hydrogen-bond donors (Lipinski definition) is 8. The molecule has 7 atom stereocenters. The molecule has 7 amide bonds. The van der Waals surface area contributed by atoms with E-state index < -0.39 is 108 Å². The fourth-order valence-electron chi connectivity index (χ4n) is 5.13. The Balaban J connectivity index is 2.44. The van der Waals surface area contributed by atoms with E-state index in [1.165, 1.54) is 13.0 Å². The van der Waals surface area contributed by atoms with Crippen molar-refractivity contribution in [2.45, 2.75) is 90.2 Å². The van der Waals surface area contributed by atoms with Gasteiger partial charge in [0.1, 0.15) is 42.1 Å². The number of ether oxygens (including phenoxy) is 1. The van der Waals surface area contributed by atoms with E-state index in [1.807, 2.05) is 6.08 Å². The molecule has 0 aromatic heterocycles. The van der Waals surface area contributed by atoms with Crippen LogP contribution in [-0.2, 0) is 43.1 Å². The smallest absolute Gasteiger partial charge is 0.329 e. The summed E-state index contributed by atoms with van der Waals surface area (Å²) < 4.78 is 5.63. The Labute approximate surface area is 319 Å². The van der Waals surface area contributed by atoms with E-state index in [9.17, 15) is 43.5 Å². The van der Waals surface area contributed by atoms with Crippen molar-refractivity contribution < 1.29 is 48.2 Å².